The number of hydrogen-bond acceptors (Lipinski definition) is 6. The van der Waals surface area contributed by atoms with Gasteiger partial charge < -0.3 is 19.5 Å². The van der Waals surface area contributed by atoms with Crippen molar-refractivity contribution in [2.45, 2.75) is 46.0 Å². The minimum absolute atomic E-state index is 0.354. The van der Waals surface area contributed by atoms with E-state index in [2.05, 4.69) is 10.6 Å². The summed E-state index contributed by atoms with van der Waals surface area (Å²) < 4.78 is 16.0. The molecule has 164 valence electrons. The van der Waals surface area contributed by atoms with Crippen molar-refractivity contribution in [1.82, 2.24) is 5.32 Å². The Kier molecular flexibility index (Phi) is 7.54. The molecule has 0 radical (unpaired) electrons. The second-order valence-corrected chi connectivity index (χ2v) is 7.83. The van der Waals surface area contributed by atoms with Gasteiger partial charge in [-0.05, 0) is 63.0 Å². The lowest BCUT2D eigenvalue weighted by Gasteiger charge is -2.20. The summed E-state index contributed by atoms with van der Waals surface area (Å²) in [6.07, 6.45) is 5.12. The zero-order valence-electron chi connectivity index (χ0n) is 17.6. The number of ether oxygens (including phenoxy) is 3. The van der Waals surface area contributed by atoms with Crippen LogP contribution in [0.25, 0.3) is 0 Å². The third-order valence-electron chi connectivity index (χ3n) is 5.73. The van der Waals surface area contributed by atoms with Crippen LogP contribution in [0.1, 0.15) is 46.0 Å². The fourth-order valence-corrected chi connectivity index (χ4v) is 4.50. The van der Waals surface area contributed by atoms with E-state index in [0.717, 1.165) is 12.3 Å². The number of rotatable bonds is 9. The van der Waals surface area contributed by atoms with Gasteiger partial charge in [0, 0.05) is 18.2 Å². The first-order valence-corrected chi connectivity index (χ1v) is 10.6. The normalized spacial score (nSPS) is 21.7. The maximum Gasteiger partial charge on any atom is 0.325 e. The average molecular weight is 418 g/mol. The van der Waals surface area contributed by atoms with E-state index in [0.29, 0.717) is 48.7 Å². The highest BCUT2D eigenvalue weighted by atomic mass is 16.5. The summed E-state index contributed by atoms with van der Waals surface area (Å²) in [5, 5.41) is 4.72. The number of urea groups is 1. The lowest BCUT2D eigenvalue weighted by molar-refractivity contribution is -0.149. The summed E-state index contributed by atoms with van der Waals surface area (Å²) in [6.45, 7) is 4.18. The number of anilines is 1. The predicted octanol–water partition coefficient (Wildman–Crippen LogP) is 3.50. The Morgan fingerprint density at radius 3 is 2.47 bits per heavy atom. The lowest BCUT2D eigenvalue weighted by Crippen LogP contribution is -2.37. The summed E-state index contributed by atoms with van der Waals surface area (Å²) in [7, 11) is 0. The number of imide groups is 1. The third kappa shape index (κ3) is 5.87. The average Bonchev–Trinajstić information content (AvgIpc) is 3.32. The van der Waals surface area contributed by atoms with Gasteiger partial charge in [-0.3, -0.25) is 14.9 Å². The number of fused-ring (bicyclic) bond motifs is 2. The van der Waals surface area contributed by atoms with Crippen molar-refractivity contribution in [1.29, 1.82) is 0 Å². The molecule has 2 fully saturated rings. The molecule has 2 aliphatic rings. The summed E-state index contributed by atoms with van der Waals surface area (Å²) in [4.78, 5) is 36.0. The van der Waals surface area contributed by atoms with Gasteiger partial charge in [-0.2, -0.15) is 0 Å². The molecule has 0 heterocycles. The Bertz CT molecular complexity index is 781. The van der Waals surface area contributed by atoms with E-state index in [4.69, 9.17) is 14.2 Å². The summed E-state index contributed by atoms with van der Waals surface area (Å²) in [6, 6.07) is 4.24. The SMILES string of the molecule is CCOc1ccc(NC(=O)NC(=O)COC(=O)C[C@@H]2C[C@H]3CC[C@@H]2C3)cc1OCC. The van der Waals surface area contributed by atoms with E-state index in [9.17, 15) is 14.4 Å². The monoisotopic (exact) mass is 418 g/mol. The second kappa shape index (κ2) is 10.3. The standard InChI is InChI=1S/C22H30N2O6/c1-3-28-18-8-7-17(12-19(18)29-4-2)23-22(27)24-20(25)13-30-21(26)11-16-10-14-5-6-15(16)9-14/h7-8,12,14-16H,3-6,9-11,13H2,1-2H3,(H2,23,24,25,27)/t14-,15+,16-/m0/s1. The van der Waals surface area contributed by atoms with Gasteiger partial charge >= 0.3 is 12.0 Å². The summed E-state index contributed by atoms with van der Waals surface area (Å²) >= 11 is 0. The molecular formula is C22H30N2O6. The molecule has 3 atom stereocenters. The highest BCUT2D eigenvalue weighted by molar-refractivity contribution is 6.02. The second-order valence-electron chi connectivity index (χ2n) is 7.83. The van der Waals surface area contributed by atoms with Gasteiger partial charge in [0.1, 0.15) is 0 Å². The molecule has 8 nitrogen and oxygen atoms in total. The first kappa shape index (κ1) is 21.9. The first-order chi connectivity index (χ1) is 14.5. The molecule has 0 unspecified atom stereocenters. The number of carbonyl (C=O) groups excluding carboxylic acids is 3. The molecule has 8 heteroatoms. The molecule has 1 aromatic rings. The fraction of sp³-hybridized carbons (Fsp3) is 0.591. The maximum atomic E-state index is 12.1. The van der Waals surface area contributed by atoms with Gasteiger partial charge in [-0.15, -0.1) is 0 Å². The highest BCUT2D eigenvalue weighted by Gasteiger charge is 2.40. The van der Waals surface area contributed by atoms with Crippen molar-refractivity contribution in [3.05, 3.63) is 18.2 Å². The number of nitrogens with one attached hydrogen (secondary N) is 2. The van der Waals surface area contributed by atoms with Gasteiger partial charge in [-0.25, -0.2) is 4.79 Å². The van der Waals surface area contributed by atoms with Crippen molar-refractivity contribution < 1.29 is 28.6 Å². The van der Waals surface area contributed by atoms with Gasteiger partial charge in [0.15, 0.2) is 18.1 Å². The Balaban J connectivity index is 1.41. The van der Waals surface area contributed by atoms with Crippen LogP contribution in [0.4, 0.5) is 10.5 Å². The van der Waals surface area contributed by atoms with Gasteiger partial charge in [-0.1, -0.05) is 6.42 Å². The Hall–Kier alpha value is -2.77. The molecule has 2 saturated carbocycles. The van der Waals surface area contributed by atoms with Crippen LogP contribution in [-0.2, 0) is 14.3 Å². The quantitative estimate of drug-likeness (QED) is 0.595. The van der Waals surface area contributed by atoms with E-state index in [1.165, 1.54) is 19.3 Å². The van der Waals surface area contributed by atoms with Crippen LogP contribution in [0.15, 0.2) is 18.2 Å². The lowest BCUT2D eigenvalue weighted by atomic mass is 9.86. The molecule has 2 bridgehead atoms. The molecule has 30 heavy (non-hydrogen) atoms. The van der Waals surface area contributed by atoms with Crippen molar-refractivity contribution in [3.8, 4) is 11.5 Å². The van der Waals surface area contributed by atoms with Crippen LogP contribution in [0, 0.1) is 17.8 Å². The molecule has 2 aliphatic carbocycles. The molecule has 1 aromatic carbocycles. The number of amides is 3. The van der Waals surface area contributed by atoms with Crippen molar-refractivity contribution in [3.63, 3.8) is 0 Å². The minimum Gasteiger partial charge on any atom is -0.490 e. The Morgan fingerprint density at radius 1 is 1.03 bits per heavy atom. The van der Waals surface area contributed by atoms with Crippen molar-refractivity contribution in [2.24, 2.45) is 17.8 Å². The van der Waals surface area contributed by atoms with E-state index < -0.39 is 18.5 Å². The molecule has 3 amide bonds. The summed E-state index contributed by atoms with van der Waals surface area (Å²) in [5.41, 5.74) is 0.445. The molecule has 0 aromatic heterocycles. The molecule has 0 saturated heterocycles. The van der Waals surface area contributed by atoms with Crippen LogP contribution in [0.3, 0.4) is 0 Å². The zero-order valence-corrected chi connectivity index (χ0v) is 17.6. The third-order valence-corrected chi connectivity index (χ3v) is 5.73. The number of esters is 1. The van der Waals surface area contributed by atoms with Gasteiger partial charge in [0.05, 0.1) is 13.2 Å². The smallest absolute Gasteiger partial charge is 0.325 e. The van der Waals surface area contributed by atoms with Crippen LogP contribution in [0.2, 0.25) is 0 Å². The summed E-state index contributed by atoms with van der Waals surface area (Å²) in [5.74, 6) is 1.77. The Morgan fingerprint density at radius 2 is 1.80 bits per heavy atom. The fourth-order valence-electron chi connectivity index (χ4n) is 4.50. The van der Waals surface area contributed by atoms with Crippen LogP contribution >= 0.6 is 0 Å². The van der Waals surface area contributed by atoms with Gasteiger partial charge in [0.25, 0.3) is 5.91 Å². The maximum absolute atomic E-state index is 12.1. The predicted molar refractivity (Wildman–Crippen MR) is 110 cm³/mol. The largest absolute Gasteiger partial charge is 0.490 e. The van der Waals surface area contributed by atoms with E-state index in [1.54, 1.807) is 18.2 Å². The zero-order chi connectivity index (χ0) is 21.5. The number of hydrogen-bond donors (Lipinski definition) is 2. The molecule has 0 aliphatic heterocycles. The van der Waals surface area contributed by atoms with Crippen LogP contribution in [0.5, 0.6) is 11.5 Å². The Labute approximate surface area is 176 Å². The van der Waals surface area contributed by atoms with Crippen LogP contribution < -0.4 is 20.1 Å². The van der Waals surface area contributed by atoms with Crippen molar-refractivity contribution >= 4 is 23.6 Å². The van der Waals surface area contributed by atoms with E-state index in [1.807, 2.05) is 13.8 Å². The highest BCUT2D eigenvalue weighted by Crippen LogP contribution is 2.49. The van der Waals surface area contributed by atoms with E-state index in [-0.39, 0.29) is 5.97 Å². The number of benzene rings is 1. The van der Waals surface area contributed by atoms with Gasteiger partial charge in [0.2, 0.25) is 0 Å². The molecular weight excluding hydrogens is 388 g/mol. The van der Waals surface area contributed by atoms with Crippen LogP contribution in [-0.4, -0.2) is 37.7 Å². The minimum atomic E-state index is -0.712. The first-order valence-electron chi connectivity index (χ1n) is 10.6. The van der Waals surface area contributed by atoms with E-state index >= 15 is 0 Å². The molecule has 0 spiro atoms. The number of carbonyl (C=O) groups is 3. The molecule has 3 rings (SSSR count). The topological polar surface area (TPSA) is 103 Å². The van der Waals surface area contributed by atoms with Crippen molar-refractivity contribution in [2.75, 3.05) is 25.1 Å². The molecule has 2 N–H and O–H groups in total.